The quantitative estimate of drug-likeness (QED) is 0.00971. The van der Waals surface area contributed by atoms with Crippen LogP contribution in [0.1, 0.15) is 142 Å². The molecule has 7 aromatic heterocycles. The number of H-pyrrole nitrogens is 1. The second-order valence-corrected chi connectivity index (χ2v) is 38.3. The van der Waals surface area contributed by atoms with Crippen molar-refractivity contribution in [1.82, 2.24) is 63.2 Å². The summed E-state index contributed by atoms with van der Waals surface area (Å²) in [6.45, 7) is 15.1. The number of aliphatic carboxylic acids is 1. The zero-order chi connectivity index (χ0) is 101. The zero-order valence-corrected chi connectivity index (χ0v) is 83.9. The number of nitrogens with two attached hydrogens (primary N) is 1. The average molecular weight is 2020 g/mol. The molecule has 5 aliphatic heterocycles. The van der Waals surface area contributed by atoms with Gasteiger partial charge in [0.2, 0.25) is 17.9 Å². The van der Waals surface area contributed by atoms with Crippen LogP contribution in [0.5, 0.6) is 5.75 Å². The molecule has 5 fully saturated rings. The van der Waals surface area contributed by atoms with Crippen molar-refractivity contribution >= 4 is 169 Å². The third-order valence-corrected chi connectivity index (χ3v) is 27.5. The molecule has 7 N–H and O–H groups in total. The second-order valence-electron chi connectivity index (χ2n) is 35.1. The number of carbonyl (C=O) groups excluding carboxylic acids is 6. The van der Waals surface area contributed by atoms with Crippen LogP contribution < -0.4 is 63.2 Å². The Morgan fingerprint density at radius 1 is 0.780 bits per heavy atom. The van der Waals surface area contributed by atoms with Crippen LogP contribution in [-0.2, 0) is 64.6 Å². The number of hydrazone groups is 1. The van der Waals surface area contributed by atoms with Gasteiger partial charge in [-0.15, -0.1) is 11.3 Å². The number of amidine groups is 1. The number of phenols is 1. The van der Waals surface area contributed by atoms with Crippen molar-refractivity contribution in [3.63, 3.8) is 0 Å². The summed E-state index contributed by atoms with van der Waals surface area (Å²) in [4.78, 5) is 173. The number of piperidine rings is 1. The van der Waals surface area contributed by atoms with Crippen LogP contribution in [0.2, 0.25) is 10.0 Å². The number of furan rings is 1. The number of carboxylic acid groups (broad SMARTS) is 1. The van der Waals surface area contributed by atoms with Crippen molar-refractivity contribution in [1.29, 1.82) is 0 Å². The number of imide groups is 1. The maximum Gasteiger partial charge on any atom is 0.478 e. The van der Waals surface area contributed by atoms with E-state index in [0.29, 0.717) is 61.8 Å². The number of likely N-dealkylation sites (tertiary alicyclic amines) is 1. The van der Waals surface area contributed by atoms with E-state index in [0.717, 1.165) is 112 Å². The maximum atomic E-state index is 14.0. The third kappa shape index (κ3) is 24.5. The lowest BCUT2D eigenvalue weighted by molar-refractivity contribution is -0.873. The Bertz CT molecular complexity index is 6960. The van der Waals surface area contributed by atoms with E-state index in [9.17, 15) is 57.8 Å². The van der Waals surface area contributed by atoms with Gasteiger partial charge in [0.05, 0.1) is 58.9 Å². The lowest BCUT2D eigenvalue weighted by atomic mass is 9.78. The normalized spacial score (nSPS) is 17.7. The fourth-order valence-electron chi connectivity index (χ4n) is 17.6. The highest BCUT2D eigenvalue weighted by Gasteiger charge is 2.64. The van der Waals surface area contributed by atoms with E-state index in [1.54, 1.807) is 117 Å². The van der Waals surface area contributed by atoms with E-state index in [-0.39, 0.29) is 89.2 Å². The Labute approximate surface area is 836 Å². The first-order valence-corrected chi connectivity index (χ1v) is 48.7. The monoisotopic (exact) mass is 2010 g/mol. The number of pyridine rings is 1. The molecule has 5 atom stereocenters. The fourth-order valence-corrected chi connectivity index (χ4v) is 20.5. The molecule has 0 radical (unpaired) electrons. The van der Waals surface area contributed by atoms with Crippen LogP contribution in [-0.4, -0.2) is 184 Å². The molecule has 1 saturated carbocycles. The van der Waals surface area contributed by atoms with Gasteiger partial charge >= 0.3 is 29.5 Å². The van der Waals surface area contributed by atoms with Gasteiger partial charge in [-0.2, -0.15) is 9.94 Å². The molecular weight excluding hydrogens is 1900 g/mol. The van der Waals surface area contributed by atoms with E-state index >= 15 is 0 Å². The molecule has 5 aromatic carbocycles. The van der Waals surface area contributed by atoms with Crippen molar-refractivity contribution < 1.29 is 57.8 Å². The minimum atomic E-state index is -0.899. The number of carboxylic acids is 1. The number of hydrogen-bond donors (Lipinski definition) is 6. The number of thiophene rings is 1. The van der Waals surface area contributed by atoms with Crippen LogP contribution in [0.15, 0.2) is 232 Å². The number of nitrogens with zero attached hydrogens (tertiary/aromatic N) is 17. The van der Waals surface area contributed by atoms with Gasteiger partial charge in [0.15, 0.2) is 32.6 Å². The number of ketones is 1. The first kappa shape index (κ1) is 104. The van der Waals surface area contributed by atoms with Gasteiger partial charge in [0, 0.05) is 113 Å². The molecule has 1 aliphatic carbocycles. The number of phenolic OH excluding ortho intramolecular Hbond substituents is 1. The number of aromatic nitrogens is 9. The number of Topliss-reactive ketones (excluding diaryl/α,β-unsaturated/α-hetero) is 1. The highest BCUT2D eigenvalue weighted by molar-refractivity contribution is 7.99. The molecule has 0 spiro atoms. The molecule has 6 aliphatic rings. The van der Waals surface area contributed by atoms with Gasteiger partial charge < -0.3 is 54.4 Å². The highest BCUT2D eigenvalue weighted by Crippen LogP contribution is 2.56. The number of aliphatic imine (C=N–C) groups is 2. The van der Waals surface area contributed by atoms with E-state index in [1.165, 1.54) is 75.2 Å². The predicted octanol–water partition coefficient (Wildman–Crippen LogP) is 13.1. The van der Waals surface area contributed by atoms with Gasteiger partial charge in [-0.1, -0.05) is 133 Å². The number of anilines is 3. The molecule has 36 nitrogen and oxygen atoms in total. The topological polar surface area (TPSA) is 427 Å². The maximum absolute atomic E-state index is 14.0. The Hall–Kier alpha value is -14.4. The Morgan fingerprint density at radius 3 is 2.09 bits per heavy atom. The van der Waals surface area contributed by atoms with Crippen molar-refractivity contribution in [3.05, 3.63) is 284 Å². The van der Waals surface area contributed by atoms with Gasteiger partial charge in [-0.25, -0.2) is 44.6 Å². The van der Waals surface area contributed by atoms with E-state index in [2.05, 4.69) is 40.8 Å². The summed E-state index contributed by atoms with van der Waals surface area (Å²) in [5.74, 6) is -0.136. The number of aromatic hydroxyl groups is 1. The van der Waals surface area contributed by atoms with Crippen molar-refractivity contribution in [3.8, 4) is 5.75 Å². The van der Waals surface area contributed by atoms with Crippen LogP contribution in [0.4, 0.5) is 26.7 Å². The number of para-hydroxylation sites is 2. The molecule has 141 heavy (non-hydrogen) atoms. The minimum Gasteiger partial charge on any atom is -0.508 e. The molecular formula is C100H112Cl2N21O15S3+. The molecule has 0 bridgehead atoms. The molecule has 738 valence electrons. The smallest absolute Gasteiger partial charge is 0.478 e. The first-order valence-electron chi connectivity index (χ1n) is 45.7. The lowest BCUT2D eigenvalue weighted by Gasteiger charge is -2.40. The summed E-state index contributed by atoms with van der Waals surface area (Å²) in [5.41, 5.74) is 14.9. The number of halogens is 2. The van der Waals surface area contributed by atoms with Crippen LogP contribution >= 0.6 is 58.5 Å². The molecule has 5 unspecified atom stereocenters. The third-order valence-electron chi connectivity index (χ3n) is 24.5. The summed E-state index contributed by atoms with van der Waals surface area (Å²) in [6.07, 6.45) is 17.9. The van der Waals surface area contributed by atoms with E-state index in [1.807, 2.05) is 174 Å². The van der Waals surface area contributed by atoms with Crippen molar-refractivity contribution in [2.45, 2.75) is 167 Å². The molecule has 12 heterocycles. The number of fused-ring (bicyclic) bond motifs is 3. The first-order chi connectivity index (χ1) is 67.4. The lowest BCUT2D eigenvalue weighted by Crippen LogP contribution is -2.53. The van der Waals surface area contributed by atoms with Crippen molar-refractivity contribution in [2.24, 2.45) is 47.9 Å². The number of thiocarbonyl (C=S) groups is 1. The van der Waals surface area contributed by atoms with E-state index in [4.69, 9.17) is 55.5 Å². The van der Waals surface area contributed by atoms with Crippen LogP contribution in [0, 0.1) is 26.7 Å². The second kappa shape index (κ2) is 46.6. The summed E-state index contributed by atoms with van der Waals surface area (Å²) < 4.78 is 13.2. The standard InChI is InChI=1S/C27H33N3O3S.C17H18N4O4S.C16H16N6O4.C16H14N2O2S.C12H14Cl2N4.C12H17N2O2/c1-16-14-15-34-25(16)23-21(17(2)31)22(18-10-12-19(13-11-18)28(3)4)24-26(32)29(27(33)30(23)24)20-8-6-5-7-9-20;1-10-3-5-11(6-4-10)9-21-13-14(20(2)16(25)19-15(13)24)18-17(21)26-8-7-12(22)23;1-20-14-13(15(24)21(2)16(20)25)22(10-17-14)9-12(23)19-18-7-3-5-11-6-4-8-26-11;19-13-8-6-11(7-9-13)10-14-15(20)18(16(21)17-14)12-4-2-1-3-5-12;1-7-16-11(15)17-12(2,3)18(7)10-8(13)5-4-6-9(10)14;1-11-7-3-6-10-14(11)16-12(15)13-8-4-2-5-9-13/h10-15,20-24H,5-9H2,1-4H3;3-6H,7-9H2,1-2H3,(H,22,23)(H,19,24,25);3-8,10H,9H2,1-2H3,(H,19,23);1-9,14,19H,10H2,(H,17,21);4-6H,1-3H3,(H2,15,17);3,6-7,10H,2,4-5,8-9H2,1H3/q;;;;;+1/b;;5-3-,18-7+;;;. The minimum absolute atomic E-state index is 0.0201. The number of hydrogen-bond acceptors (Lipinski definition) is 25. The fraction of sp³-hybridized carbons (Fsp3) is 0.340. The summed E-state index contributed by atoms with van der Waals surface area (Å²) in [7, 11) is 8.40. The predicted molar refractivity (Wildman–Crippen MR) is 549 cm³/mol. The van der Waals surface area contributed by atoms with Crippen LogP contribution in [0.25, 0.3) is 28.4 Å². The number of guanidine groups is 1. The Kier molecular flexibility index (Phi) is 34.3. The summed E-state index contributed by atoms with van der Waals surface area (Å²) >= 11 is 20.6. The van der Waals surface area contributed by atoms with Gasteiger partial charge in [-0.3, -0.25) is 62.0 Å². The molecule has 41 heteroatoms. The number of thioether (sulfide) groups is 1. The highest BCUT2D eigenvalue weighted by atomic mass is 35.5. The number of amides is 6. The molecule has 18 rings (SSSR count). The summed E-state index contributed by atoms with van der Waals surface area (Å²) in [5, 5.41) is 29.0. The number of benzene rings is 5. The number of urea groups is 1. The van der Waals surface area contributed by atoms with Gasteiger partial charge in [-0.05, 0) is 198 Å². The SMILES string of the molecule is CC(=O)C1C(c2ccc(N(C)C)cc2)C2C(=O)N(C3CCCCC3)C(=O)N2C1c1sccc1C.CC1=NC(N)=NC(C)(C)N1c1c(Cl)cccc1Cl.Cc1ccc(Cn2c(SCCC(=O)O)nc3c2c(=O)[nH]c(=O)n3C)cc1.Cc1cccc[n+]1OC(=O)N1CCCCC1.Cn1c(=O)c2c(ncn2CC(=O)N/N=C/C=C\c2ccco2)n(C)c1=O.O=C1C(Cc2ccc(O)cc2)NC(=S)N1c1ccccc1. The molecule has 12 aromatic rings. The van der Waals surface area contributed by atoms with Crippen molar-refractivity contribution in [2.75, 3.05) is 47.6 Å². The largest absolute Gasteiger partial charge is 0.508 e. The number of carbonyl (C=O) groups is 7. The number of imidazole rings is 2. The van der Waals surface area contributed by atoms with Gasteiger partial charge in [0.1, 0.15) is 47.4 Å². The number of nitrogens with one attached hydrogen (secondary N) is 3. The zero-order valence-electron chi connectivity index (χ0n) is 80.0. The Balaban J connectivity index is 0.000000145. The van der Waals surface area contributed by atoms with Crippen LogP contribution in [0.3, 0.4) is 0 Å². The number of aromatic amines is 1. The Morgan fingerprint density at radius 2 is 1.45 bits per heavy atom. The number of allylic oxidation sites excluding steroid dienone is 1. The van der Waals surface area contributed by atoms with E-state index < -0.39 is 58.0 Å². The average Bonchev–Trinajstić information content (AvgIpc) is 1.54. The molecule has 4 saturated heterocycles. The van der Waals surface area contributed by atoms with Gasteiger partial charge in [0.25, 0.3) is 28.8 Å². The number of rotatable bonds is 21. The molecule has 6 amide bonds. The number of aryl methyl sites for hydroxylation is 5. The summed E-state index contributed by atoms with van der Waals surface area (Å²) in [6, 6.07) is 47.1.